The van der Waals surface area contributed by atoms with Crippen molar-refractivity contribution in [2.45, 2.75) is 37.3 Å². The summed E-state index contributed by atoms with van der Waals surface area (Å²) < 4.78 is 27.5. The molecule has 0 saturated heterocycles. The van der Waals surface area contributed by atoms with Crippen molar-refractivity contribution >= 4 is 16.1 Å². The number of carbonyl (C=O) groups excluding carboxylic acids is 1. The molecular formula is C21H29N3O5S. The average molecular weight is 436 g/mol. The quantitative estimate of drug-likeness (QED) is 0.490. The van der Waals surface area contributed by atoms with Crippen LogP contribution in [0.4, 0.5) is 4.79 Å². The minimum atomic E-state index is -3.83. The van der Waals surface area contributed by atoms with Crippen molar-refractivity contribution in [3.63, 3.8) is 0 Å². The summed E-state index contributed by atoms with van der Waals surface area (Å²) in [6, 6.07) is 16.5. The van der Waals surface area contributed by atoms with Crippen LogP contribution in [0.2, 0.25) is 0 Å². The molecule has 8 nitrogen and oxygen atoms in total. The molecule has 9 heteroatoms. The monoisotopic (exact) mass is 435 g/mol. The van der Waals surface area contributed by atoms with E-state index in [4.69, 9.17) is 5.90 Å². The number of aliphatic hydroxyl groups excluding tert-OH is 1. The summed E-state index contributed by atoms with van der Waals surface area (Å²) >= 11 is 0. The van der Waals surface area contributed by atoms with E-state index in [0.29, 0.717) is 0 Å². The predicted molar refractivity (Wildman–Crippen MR) is 114 cm³/mol. The van der Waals surface area contributed by atoms with Crippen LogP contribution in [0.3, 0.4) is 0 Å². The van der Waals surface area contributed by atoms with E-state index >= 15 is 0 Å². The van der Waals surface area contributed by atoms with E-state index in [9.17, 15) is 18.3 Å². The van der Waals surface area contributed by atoms with Gasteiger partial charge < -0.3 is 15.3 Å². The molecule has 0 aliphatic rings. The van der Waals surface area contributed by atoms with E-state index in [-0.39, 0.29) is 30.3 Å². The third kappa shape index (κ3) is 6.81. The summed E-state index contributed by atoms with van der Waals surface area (Å²) in [7, 11) is -3.83. The molecule has 0 aromatic heterocycles. The smallest absolute Gasteiger partial charge is 0.390 e. The summed E-state index contributed by atoms with van der Waals surface area (Å²) in [4.78, 5) is 16.0. The summed E-state index contributed by atoms with van der Waals surface area (Å²) in [6.07, 6.45) is -1.82. The predicted octanol–water partition coefficient (Wildman–Crippen LogP) is 1.91. The minimum Gasteiger partial charge on any atom is -0.390 e. The highest BCUT2D eigenvalue weighted by molar-refractivity contribution is 7.89. The first-order valence-electron chi connectivity index (χ1n) is 9.68. The van der Waals surface area contributed by atoms with Crippen molar-refractivity contribution < 1.29 is 23.2 Å². The second kappa shape index (κ2) is 11.1. The number of hydrogen-bond donors (Lipinski definition) is 3. The van der Waals surface area contributed by atoms with Crippen LogP contribution < -0.4 is 11.2 Å². The van der Waals surface area contributed by atoms with Gasteiger partial charge in [0.2, 0.25) is 10.0 Å². The average Bonchev–Trinajstić information content (AvgIpc) is 2.73. The number of nitrogens with two attached hydrogens (primary N) is 1. The molecule has 30 heavy (non-hydrogen) atoms. The van der Waals surface area contributed by atoms with Crippen molar-refractivity contribution in [3.8, 4) is 0 Å². The molecule has 0 radical (unpaired) electrons. The Labute approximate surface area is 177 Å². The lowest BCUT2D eigenvalue weighted by molar-refractivity contribution is 0.0894. The fraction of sp³-hybridized carbons (Fsp3) is 0.381. The number of carbonyl (C=O) groups is 1. The van der Waals surface area contributed by atoms with Crippen molar-refractivity contribution in [3.05, 3.63) is 66.2 Å². The Kier molecular flexibility index (Phi) is 8.79. The van der Waals surface area contributed by atoms with Crippen molar-refractivity contribution in [1.82, 2.24) is 9.62 Å². The number of rotatable bonds is 10. The zero-order valence-corrected chi connectivity index (χ0v) is 18.0. The number of aliphatic hydroxyl groups is 1. The van der Waals surface area contributed by atoms with Crippen LogP contribution in [0.25, 0.3) is 0 Å². The van der Waals surface area contributed by atoms with Gasteiger partial charge in [-0.05, 0) is 30.0 Å². The third-order valence-electron chi connectivity index (χ3n) is 4.51. The summed E-state index contributed by atoms with van der Waals surface area (Å²) in [5.74, 6) is 4.96. The zero-order chi connectivity index (χ0) is 22.1. The molecule has 2 atom stereocenters. The molecule has 164 valence electrons. The Hall–Kier alpha value is -2.46. The largest absolute Gasteiger partial charge is 0.426 e. The van der Waals surface area contributed by atoms with Gasteiger partial charge in [-0.1, -0.05) is 62.4 Å². The van der Waals surface area contributed by atoms with E-state index < -0.39 is 28.3 Å². The van der Waals surface area contributed by atoms with Gasteiger partial charge in [0.05, 0.1) is 17.0 Å². The maximum atomic E-state index is 13.1. The number of sulfonamides is 1. The van der Waals surface area contributed by atoms with Gasteiger partial charge in [0, 0.05) is 13.1 Å². The third-order valence-corrected chi connectivity index (χ3v) is 6.36. The molecule has 0 bridgehead atoms. The topological polar surface area (TPSA) is 122 Å². The Morgan fingerprint density at radius 1 is 1.07 bits per heavy atom. The van der Waals surface area contributed by atoms with Crippen LogP contribution in [0.15, 0.2) is 65.6 Å². The highest BCUT2D eigenvalue weighted by Crippen LogP contribution is 2.19. The Balaban J connectivity index is 2.27. The number of benzene rings is 2. The Bertz CT molecular complexity index is 891. The van der Waals surface area contributed by atoms with E-state index in [1.54, 1.807) is 18.2 Å². The van der Waals surface area contributed by atoms with Crippen molar-refractivity contribution in [2.75, 3.05) is 13.1 Å². The molecule has 0 spiro atoms. The summed E-state index contributed by atoms with van der Waals surface area (Å²) in [6.45, 7) is 3.81. The molecule has 1 amide bonds. The van der Waals surface area contributed by atoms with E-state index in [2.05, 4.69) is 10.2 Å². The van der Waals surface area contributed by atoms with E-state index in [1.807, 2.05) is 44.2 Å². The van der Waals surface area contributed by atoms with Crippen LogP contribution >= 0.6 is 0 Å². The molecule has 0 saturated carbocycles. The van der Waals surface area contributed by atoms with Gasteiger partial charge in [-0.3, -0.25) is 0 Å². The lowest BCUT2D eigenvalue weighted by Crippen LogP contribution is -2.51. The number of nitrogens with one attached hydrogen (secondary N) is 1. The second-order valence-electron chi connectivity index (χ2n) is 7.44. The number of amides is 1. The molecule has 2 aromatic rings. The summed E-state index contributed by atoms with van der Waals surface area (Å²) in [5, 5.41) is 13.4. The molecular weight excluding hydrogens is 406 g/mol. The maximum absolute atomic E-state index is 13.1. The van der Waals surface area contributed by atoms with Crippen LogP contribution in [0.1, 0.15) is 19.4 Å². The van der Waals surface area contributed by atoms with Crippen LogP contribution in [-0.2, 0) is 21.3 Å². The molecule has 4 N–H and O–H groups in total. The molecule has 2 rings (SSSR count). The van der Waals surface area contributed by atoms with Gasteiger partial charge in [-0.2, -0.15) is 10.2 Å². The fourth-order valence-electron chi connectivity index (χ4n) is 3.09. The van der Waals surface area contributed by atoms with Gasteiger partial charge in [-0.15, -0.1) is 0 Å². The van der Waals surface area contributed by atoms with Gasteiger partial charge in [0.25, 0.3) is 0 Å². The molecule has 0 aliphatic carbocycles. The van der Waals surface area contributed by atoms with Crippen LogP contribution in [0, 0.1) is 5.92 Å². The van der Waals surface area contributed by atoms with E-state index in [0.717, 1.165) is 5.56 Å². The van der Waals surface area contributed by atoms with Crippen molar-refractivity contribution in [2.24, 2.45) is 11.8 Å². The first kappa shape index (κ1) is 23.8. The number of nitrogens with zero attached hydrogens (tertiary/aromatic N) is 1. The Morgan fingerprint density at radius 3 is 2.17 bits per heavy atom. The highest BCUT2D eigenvalue weighted by Gasteiger charge is 2.31. The highest BCUT2D eigenvalue weighted by atomic mass is 32.2. The van der Waals surface area contributed by atoms with E-state index in [1.165, 1.54) is 16.4 Å². The summed E-state index contributed by atoms with van der Waals surface area (Å²) in [5.41, 5.74) is 0.861. The Morgan fingerprint density at radius 2 is 1.63 bits per heavy atom. The van der Waals surface area contributed by atoms with Gasteiger partial charge in [0.15, 0.2) is 0 Å². The molecule has 0 fully saturated rings. The normalized spacial score (nSPS) is 13.8. The number of hydrogen-bond acceptors (Lipinski definition) is 6. The SMILES string of the molecule is CC(C)CN(CC(O)C(Cc1ccccc1)NC(=O)ON)S(=O)(=O)c1ccccc1. The first-order chi connectivity index (χ1) is 14.2. The molecule has 2 aromatic carbocycles. The molecule has 0 aliphatic heterocycles. The minimum absolute atomic E-state index is 0.0326. The lowest BCUT2D eigenvalue weighted by atomic mass is 10.0. The zero-order valence-electron chi connectivity index (χ0n) is 17.1. The van der Waals surface area contributed by atoms with Crippen LogP contribution in [-0.4, -0.2) is 49.2 Å². The molecule has 2 unspecified atom stereocenters. The van der Waals surface area contributed by atoms with Gasteiger partial charge in [0.1, 0.15) is 0 Å². The maximum Gasteiger partial charge on any atom is 0.426 e. The van der Waals surface area contributed by atoms with Gasteiger partial charge >= 0.3 is 6.09 Å². The van der Waals surface area contributed by atoms with Crippen LogP contribution in [0.5, 0.6) is 0 Å². The molecule has 0 heterocycles. The fourth-order valence-corrected chi connectivity index (χ4v) is 4.73. The second-order valence-corrected chi connectivity index (χ2v) is 9.38. The standard InChI is InChI=1S/C21H29N3O5S/c1-16(2)14-24(30(27,28)18-11-7-4-8-12-18)15-20(25)19(23-21(26)29-22)13-17-9-5-3-6-10-17/h3-12,16,19-20,25H,13-15,22H2,1-2H3,(H,23,26). The van der Waals surface area contributed by atoms with Crippen molar-refractivity contribution in [1.29, 1.82) is 0 Å². The first-order valence-corrected chi connectivity index (χ1v) is 11.1. The lowest BCUT2D eigenvalue weighted by Gasteiger charge is -2.30. The van der Waals surface area contributed by atoms with Gasteiger partial charge in [-0.25, -0.2) is 13.2 Å².